The number of aromatic amines is 1. The van der Waals surface area contributed by atoms with Crippen LogP contribution >= 0.6 is 0 Å². The van der Waals surface area contributed by atoms with Gasteiger partial charge in [0.25, 0.3) is 0 Å². The van der Waals surface area contributed by atoms with Crippen LogP contribution in [0.25, 0.3) is 11.3 Å². The number of aromatic nitrogens is 2. The van der Waals surface area contributed by atoms with Crippen LogP contribution in [-0.2, 0) is 0 Å². The van der Waals surface area contributed by atoms with Crippen molar-refractivity contribution in [1.82, 2.24) is 10.2 Å². The van der Waals surface area contributed by atoms with Gasteiger partial charge < -0.3 is 10.6 Å². The number of nitrogen functional groups attached to an aromatic ring is 1. The van der Waals surface area contributed by atoms with E-state index >= 15 is 0 Å². The number of rotatable bonds is 2. The second-order valence-corrected chi connectivity index (χ2v) is 3.64. The number of nitrogens with zero attached hydrogens (tertiary/aromatic N) is 2. The van der Waals surface area contributed by atoms with E-state index in [4.69, 9.17) is 5.73 Å². The smallest absolute Gasteiger partial charge is 0.0879 e. The van der Waals surface area contributed by atoms with Crippen LogP contribution in [0, 0.1) is 0 Å². The van der Waals surface area contributed by atoms with E-state index < -0.39 is 0 Å². The van der Waals surface area contributed by atoms with Crippen molar-refractivity contribution >= 4 is 11.4 Å². The van der Waals surface area contributed by atoms with Crippen molar-refractivity contribution in [3.05, 3.63) is 30.5 Å². The Morgan fingerprint density at radius 3 is 2.33 bits per heavy atom. The number of hydrogen-bond acceptors (Lipinski definition) is 3. The molecule has 1 aromatic heterocycles. The van der Waals surface area contributed by atoms with Gasteiger partial charge in [0, 0.05) is 25.3 Å². The summed E-state index contributed by atoms with van der Waals surface area (Å²) in [6.07, 6.45) is 1.62. The Morgan fingerprint density at radius 2 is 1.87 bits per heavy atom. The van der Waals surface area contributed by atoms with Gasteiger partial charge in [0.2, 0.25) is 0 Å². The van der Waals surface area contributed by atoms with Crippen LogP contribution in [0.15, 0.2) is 30.5 Å². The molecule has 0 saturated heterocycles. The summed E-state index contributed by atoms with van der Waals surface area (Å²) in [6, 6.07) is 8.16. The summed E-state index contributed by atoms with van der Waals surface area (Å²) in [6.45, 7) is 0. The van der Waals surface area contributed by atoms with Gasteiger partial charge in [-0.2, -0.15) is 5.10 Å². The molecule has 4 nitrogen and oxygen atoms in total. The van der Waals surface area contributed by atoms with Crippen molar-refractivity contribution < 1.29 is 0 Å². The van der Waals surface area contributed by atoms with Crippen molar-refractivity contribution in [1.29, 1.82) is 0 Å². The molecule has 0 unspecified atom stereocenters. The fourth-order valence-electron chi connectivity index (χ4n) is 1.45. The molecule has 0 radical (unpaired) electrons. The van der Waals surface area contributed by atoms with Gasteiger partial charge in [-0.1, -0.05) is 12.1 Å². The fraction of sp³-hybridized carbons (Fsp3) is 0.182. The van der Waals surface area contributed by atoms with Crippen LogP contribution in [0.1, 0.15) is 0 Å². The molecule has 2 rings (SSSR count). The van der Waals surface area contributed by atoms with Crippen LogP contribution in [0.2, 0.25) is 0 Å². The molecular formula is C11H14N4. The number of anilines is 2. The minimum atomic E-state index is 0.674. The number of nitrogens with two attached hydrogens (primary N) is 1. The van der Waals surface area contributed by atoms with Crippen molar-refractivity contribution in [3.8, 4) is 11.3 Å². The molecule has 2 aromatic rings. The number of benzene rings is 1. The van der Waals surface area contributed by atoms with Crippen molar-refractivity contribution in [3.63, 3.8) is 0 Å². The van der Waals surface area contributed by atoms with Crippen molar-refractivity contribution in [2.75, 3.05) is 24.7 Å². The normalized spacial score (nSPS) is 10.3. The Labute approximate surface area is 88.7 Å². The van der Waals surface area contributed by atoms with Gasteiger partial charge in [0.15, 0.2) is 0 Å². The zero-order valence-corrected chi connectivity index (χ0v) is 8.86. The lowest BCUT2D eigenvalue weighted by Crippen LogP contribution is -2.07. The van der Waals surface area contributed by atoms with E-state index in [0.717, 1.165) is 16.9 Å². The number of H-pyrrole nitrogens is 1. The van der Waals surface area contributed by atoms with Crippen LogP contribution in [0.5, 0.6) is 0 Å². The maximum absolute atomic E-state index is 5.77. The lowest BCUT2D eigenvalue weighted by Gasteiger charge is -2.12. The molecule has 0 spiro atoms. The van der Waals surface area contributed by atoms with E-state index in [2.05, 4.69) is 27.2 Å². The zero-order valence-electron chi connectivity index (χ0n) is 8.86. The molecule has 0 amide bonds. The van der Waals surface area contributed by atoms with Gasteiger partial charge in [0.1, 0.15) is 0 Å². The first-order chi connectivity index (χ1) is 7.18. The van der Waals surface area contributed by atoms with Gasteiger partial charge in [-0.05, 0) is 12.1 Å². The molecule has 0 fully saturated rings. The van der Waals surface area contributed by atoms with E-state index in [1.165, 1.54) is 0 Å². The standard InChI is InChI=1S/C11H14N4/c1-15(2)9-5-3-8(4-6-9)11-10(12)7-13-14-11/h3-7H,12H2,1-2H3,(H,13,14). The third-order valence-electron chi connectivity index (χ3n) is 2.34. The molecular weight excluding hydrogens is 188 g/mol. The molecule has 4 heteroatoms. The molecule has 78 valence electrons. The summed E-state index contributed by atoms with van der Waals surface area (Å²) in [5.74, 6) is 0. The first-order valence-electron chi connectivity index (χ1n) is 4.75. The SMILES string of the molecule is CN(C)c1ccc(-c2[nH]ncc2N)cc1. The summed E-state index contributed by atoms with van der Waals surface area (Å²) < 4.78 is 0. The first kappa shape index (κ1) is 9.58. The highest BCUT2D eigenvalue weighted by molar-refractivity contribution is 5.73. The van der Waals surface area contributed by atoms with E-state index in [-0.39, 0.29) is 0 Å². The fourth-order valence-corrected chi connectivity index (χ4v) is 1.45. The summed E-state index contributed by atoms with van der Waals surface area (Å²) in [5.41, 5.74) is 9.53. The highest BCUT2D eigenvalue weighted by Gasteiger charge is 2.04. The monoisotopic (exact) mass is 202 g/mol. The molecule has 0 aliphatic rings. The summed E-state index contributed by atoms with van der Waals surface area (Å²) in [7, 11) is 4.03. The van der Waals surface area contributed by atoms with Gasteiger partial charge in [-0.25, -0.2) is 0 Å². The minimum Gasteiger partial charge on any atom is -0.396 e. The van der Waals surface area contributed by atoms with Gasteiger partial charge >= 0.3 is 0 Å². The Bertz CT molecular complexity index is 442. The maximum Gasteiger partial charge on any atom is 0.0879 e. The van der Waals surface area contributed by atoms with E-state index in [1.54, 1.807) is 6.20 Å². The molecule has 0 aliphatic carbocycles. The highest BCUT2D eigenvalue weighted by Crippen LogP contribution is 2.24. The van der Waals surface area contributed by atoms with Crippen LogP contribution in [0.3, 0.4) is 0 Å². The predicted molar refractivity (Wildman–Crippen MR) is 62.8 cm³/mol. The average molecular weight is 202 g/mol. The van der Waals surface area contributed by atoms with E-state index in [1.807, 2.05) is 26.2 Å². The van der Waals surface area contributed by atoms with Crippen LogP contribution < -0.4 is 10.6 Å². The van der Waals surface area contributed by atoms with Gasteiger partial charge in [-0.3, -0.25) is 5.10 Å². The molecule has 0 bridgehead atoms. The average Bonchev–Trinajstić information content (AvgIpc) is 2.65. The van der Waals surface area contributed by atoms with Crippen LogP contribution in [-0.4, -0.2) is 24.3 Å². The Hall–Kier alpha value is -1.97. The van der Waals surface area contributed by atoms with Crippen LogP contribution in [0.4, 0.5) is 11.4 Å². The number of hydrogen-bond donors (Lipinski definition) is 2. The zero-order chi connectivity index (χ0) is 10.8. The maximum atomic E-state index is 5.77. The van der Waals surface area contributed by atoms with Gasteiger partial charge in [-0.15, -0.1) is 0 Å². The second kappa shape index (κ2) is 3.65. The third-order valence-corrected chi connectivity index (χ3v) is 2.34. The second-order valence-electron chi connectivity index (χ2n) is 3.64. The Kier molecular flexibility index (Phi) is 2.33. The van der Waals surface area contributed by atoms with E-state index in [0.29, 0.717) is 5.69 Å². The quantitative estimate of drug-likeness (QED) is 0.779. The molecule has 1 aromatic carbocycles. The minimum absolute atomic E-state index is 0.674. The van der Waals surface area contributed by atoms with Gasteiger partial charge in [0.05, 0.1) is 17.6 Å². The topological polar surface area (TPSA) is 57.9 Å². The molecule has 3 N–H and O–H groups in total. The molecule has 0 atom stereocenters. The highest BCUT2D eigenvalue weighted by atomic mass is 15.1. The van der Waals surface area contributed by atoms with E-state index in [9.17, 15) is 0 Å². The molecule has 0 saturated carbocycles. The predicted octanol–water partition coefficient (Wildman–Crippen LogP) is 1.72. The van der Waals surface area contributed by atoms with Crippen molar-refractivity contribution in [2.45, 2.75) is 0 Å². The summed E-state index contributed by atoms with van der Waals surface area (Å²) in [5, 5.41) is 6.78. The summed E-state index contributed by atoms with van der Waals surface area (Å²) >= 11 is 0. The lowest BCUT2D eigenvalue weighted by atomic mass is 10.1. The van der Waals surface area contributed by atoms with Crippen molar-refractivity contribution in [2.24, 2.45) is 0 Å². The lowest BCUT2D eigenvalue weighted by molar-refractivity contribution is 1.09. The summed E-state index contributed by atoms with van der Waals surface area (Å²) in [4.78, 5) is 2.06. The molecule has 15 heavy (non-hydrogen) atoms. The number of nitrogens with one attached hydrogen (secondary N) is 1. The Balaban J connectivity index is 2.36. The molecule has 1 heterocycles. The molecule has 0 aliphatic heterocycles. The third kappa shape index (κ3) is 1.79. The largest absolute Gasteiger partial charge is 0.396 e. The Morgan fingerprint density at radius 1 is 1.20 bits per heavy atom. The first-order valence-corrected chi connectivity index (χ1v) is 4.75.